The first-order valence-electron chi connectivity index (χ1n) is 5.91. The van der Waals surface area contributed by atoms with Crippen molar-refractivity contribution in [3.8, 4) is 5.88 Å². The van der Waals surface area contributed by atoms with E-state index < -0.39 is 0 Å². The van der Waals surface area contributed by atoms with Gasteiger partial charge in [-0.05, 0) is 19.1 Å². The van der Waals surface area contributed by atoms with E-state index in [2.05, 4.69) is 10.3 Å². The molecule has 0 aliphatic carbocycles. The Balaban J connectivity index is 2.05. The van der Waals surface area contributed by atoms with Crippen molar-refractivity contribution in [2.75, 3.05) is 6.61 Å². The Hall–Kier alpha value is -1.30. The van der Waals surface area contributed by atoms with Gasteiger partial charge in [-0.2, -0.15) is 0 Å². The third-order valence-corrected chi connectivity index (χ3v) is 3.96. The van der Waals surface area contributed by atoms with E-state index in [9.17, 15) is 4.79 Å². The van der Waals surface area contributed by atoms with Crippen molar-refractivity contribution >= 4 is 40.4 Å². The Labute approximate surface area is 130 Å². The molecule has 0 bridgehead atoms. The van der Waals surface area contributed by atoms with E-state index in [1.54, 1.807) is 18.3 Å². The zero-order valence-electron chi connectivity index (χ0n) is 10.7. The lowest BCUT2D eigenvalue weighted by Gasteiger charge is -2.09. The highest BCUT2D eigenvalue weighted by Crippen LogP contribution is 2.31. The maximum absolute atomic E-state index is 12.0. The van der Waals surface area contributed by atoms with E-state index in [-0.39, 0.29) is 5.91 Å². The maximum Gasteiger partial charge on any atom is 0.253 e. The fraction of sp³-hybridized carbons (Fsp3) is 0.231. The molecular formula is C13H12Cl2N2O2S. The number of rotatable bonds is 5. The molecule has 0 saturated heterocycles. The number of hydrogen-bond acceptors (Lipinski definition) is 4. The summed E-state index contributed by atoms with van der Waals surface area (Å²) < 4.78 is 6.26. The van der Waals surface area contributed by atoms with Gasteiger partial charge in [0.05, 0.1) is 16.5 Å². The molecule has 4 nitrogen and oxygen atoms in total. The monoisotopic (exact) mass is 330 g/mol. The quantitative estimate of drug-likeness (QED) is 0.907. The third kappa shape index (κ3) is 3.62. The molecule has 20 heavy (non-hydrogen) atoms. The molecule has 1 N–H and O–H groups in total. The van der Waals surface area contributed by atoms with Gasteiger partial charge < -0.3 is 10.1 Å². The molecular weight excluding hydrogens is 319 g/mol. The molecule has 1 amide bonds. The van der Waals surface area contributed by atoms with Crippen molar-refractivity contribution in [1.29, 1.82) is 0 Å². The number of ether oxygens (including phenoxy) is 1. The fourth-order valence-electron chi connectivity index (χ4n) is 1.59. The van der Waals surface area contributed by atoms with Crippen LogP contribution in [0.5, 0.6) is 5.88 Å². The van der Waals surface area contributed by atoms with Crippen LogP contribution in [0.2, 0.25) is 8.67 Å². The minimum Gasteiger partial charge on any atom is -0.478 e. The Kier molecular flexibility index (Phi) is 5.23. The molecule has 0 atom stereocenters. The molecule has 0 aliphatic heterocycles. The minimum absolute atomic E-state index is 0.274. The van der Waals surface area contributed by atoms with Crippen molar-refractivity contribution in [3.05, 3.63) is 44.2 Å². The first-order valence-corrected chi connectivity index (χ1v) is 7.48. The van der Waals surface area contributed by atoms with Gasteiger partial charge in [0.25, 0.3) is 5.91 Å². The minimum atomic E-state index is -0.274. The molecule has 0 fully saturated rings. The Morgan fingerprint density at radius 1 is 1.50 bits per heavy atom. The normalized spacial score (nSPS) is 10.3. The lowest BCUT2D eigenvalue weighted by Crippen LogP contribution is -2.23. The van der Waals surface area contributed by atoms with Crippen LogP contribution < -0.4 is 10.1 Å². The second-order valence-corrected chi connectivity index (χ2v) is 6.11. The predicted molar refractivity (Wildman–Crippen MR) is 80.9 cm³/mol. The van der Waals surface area contributed by atoms with Crippen molar-refractivity contribution < 1.29 is 9.53 Å². The number of nitrogens with one attached hydrogen (secondary N) is 1. The van der Waals surface area contributed by atoms with Crippen LogP contribution in [0.1, 0.15) is 22.8 Å². The zero-order chi connectivity index (χ0) is 14.5. The highest BCUT2D eigenvalue weighted by atomic mass is 35.5. The second-order valence-electron chi connectivity index (χ2n) is 3.82. The molecule has 0 unspecified atom stereocenters. The summed E-state index contributed by atoms with van der Waals surface area (Å²) >= 11 is 12.9. The summed E-state index contributed by atoms with van der Waals surface area (Å²) in [6, 6.07) is 5.19. The summed E-state index contributed by atoms with van der Waals surface area (Å²) in [6.45, 7) is 2.71. The van der Waals surface area contributed by atoms with Crippen molar-refractivity contribution in [2.45, 2.75) is 13.5 Å². The highest BCUT2D eigenvalue weighted by molar-refractivity contribution is 7.20. The van der Waals surface area contributed by atoms with Crippen molar-refractivity contribution in [3.63, 3.8) is 0 Å². The first kappa shape index (κ1) is 15.1. The molecule has 0 radical (unpaired) electrons. The Morgan fingerprint density at radius 2 is 2.30 bits per heavy atom. The van der Waals surface area contributed by atoms with Gasteiger partial charge in [-0.1, -0.05) is 29.3 Å². The van der Waals surface area contributed by atoms with Gasteiger partial charge in [0.15, 0.2) is 0 Å². The first-order chi connectivity index (χ1) is 9.61. The predicted octanol–water partition coefficient (Wildman–Crippen LogP) is 3.78. The second kappa shape index (κ2) is 6.92. The number of amides is 1. The van der Waals surface area contributed by atoms with Crippen LogP contribution in [0.15, 0.2) is 24.4 Å². The average Bonchev–Trinajstić information content (AvgIpc) is 2.77. The number of carbonyl (C=O) groups is 1. The van der Waals surface area contributed by atoms with Crippen LogP contribution >= 0.6 is 34.5 Å². The van der Waals surface area contributed by atoms with E-state index in [1.807, 2.05) is 13.0 Å². The topological polar surface area (TPSA) is 51.2 Å². The molecule has 0 saturated carbocycles. The third-order valence-electron chi connectivity index (χ3n) is 2.47. The van der Waals surface area contributed by atoms with E-state index in [1.165, 1.54) is 0 Å². The van der Waals surface area contributed by atoms with Crippen molar-refractivity contribution in [2.24, 2.45) is 0 Å². The molecule has 2 aromatic heterocycles. The number of pyridine rings is 1. The van der Waals surface area contributed by atoms with Gasteiger partial charge in [0.2, 0.25) is 5.88 Å². The molecule has 0 aromatic carbocycles. The summed E-state index contributed by atoms with van der Waals surface area (Å²) in [6.07, 6.45) is 1.64. The summed E-state index contributed by atoms with van der Waals surface area (Å²) in [4.78, 5) is 16.1. The van der Waals surface area contributed by atoms with Crippen LogP contribution in [0.25, 0.3) is 0 Å². The summed E-state index contributed by atoms with van der Waals surface area (Å²) in [5, 5.41) is 2.77. The molecule has 2 heterocycles. The number of nitrogens with zero attached hydrogens (tertiary/aromatic N) is 1. The van der Waals surface area contributed by atoms with Crippen LogP contribution in [-0.4, -0.2) is 17.5 Å². The number of hydrogen-bond donors (Lipinski definition) is 1. The van der Waals surface area contributed by atoms with E-state index in [4.69, 9.17) is 27.9 Å². The van der Waals surface area contributed by atoms with E-state index >= 15 is 0 Å². The Bertz CT molecular complexity index is 616. The molecule has 2 aromatic rings. The average molecular weight is 331 g/mol. The molecule has 2 rings (SSSR count). The highest BCUT2D eigenvalue weighted by Gasteiger charge is 2.14. The van der Waals surface area contributed by atoms with Gasteiger partial charge >= 0.3 is 0 Å². The lowest BCUT2D eigenvalue weighted by atomic mass is 10.2. The number of aromatic nitrogens is 1. The van der Waals surface area contributed by atoms with E-state index in [0.29, 0.717) is 33.3 Å². The SMILES string of the molecule is CCOc1ncccc1CNC(=O)c1cc(Cl)sc1Cl. The van der Waals surface area contributed by atoms with Gasteiger partial charge in [-0.15, -0.1) is 11.3 Å². The summed E-state index contributed by atoms with van der Waals surface area (Å²) in [5.74, 6) is 0.245. The lowest BCUT2D eigenvalue weighted by molar-refractivity contribution is 0.0951. The fourth-order valence-corrected chi connectivity index (χ4v) is 3.05. The standard InChI is InChI=1S/C13H12Cl2N2O2S/c1-2-19-13-8(4-3-5-16-13)7-17-12(18)9-6-10(14)20-11(9)15/h3-6H,2,7H2,1H3,(H,17,18). The van der Waals surface area contributed by atoms with Crippen LogP contribution in [0.4, 0.5) is 0 Å². The smallest absolute Gasteiger partial charge is 0.253 e. The van der Waals surface area contributed by atoms with Crippen molar-refractivity contribution in [1.82, 2.24) is 10.3 Å². The van der Waals surface area contributed by atoms with Gasteiger partial charge in [-0.25, -0.2) is 4.98 Å². The van der Waals surface area contributed by atoms with Crippen LogP contribution in [-0.2, 0) is 6.54 Å². The largest absolute Gasteiger partial charge is 0.478 e. The van der Waals surface area contributed by atoms with E-state index in [0.717, 1.165) is 16.9 Å². The molecule has 7 heteroatoms. The molecule has 106 valence electrons. The number of carbonyl (C=O) groups excluding carboxylic acids is 1. The van der Waals surface area contributed by atoms with Gasteiger partial charge in [0.1, 0.15) is 4.34 Å². The summed E-state index contributed by atoms with van der Waals surface area (Å²) in [5.41, 5.74) is 1.18. The zero-order valence-corrected chi connectivity index (χ0v) is 13.0. The van der Waals surface area contributed by atoms with Crippen LogP contribution in [0, 0.1) is 0 Å². The number of thiophene rings is 1. The molecule has 0 spiro atoms. The molecule has 0 aliphatic rings. The van der Waals surface area contributed by atoms with Gasteiger partial charge in [0, 0.05) is 18.3 Å². The number of halogens is 2. The Morgan fingerprint density at radius 3 is 2.95 bits per heavy atom. The van der Waals surface area contributed by atoms with Gasteiger partial charge in [-0.3, -0.25) is 4.79 Å². The van der Waals surface area contributed by atoms with Crippen LogP contribution in [0.3, 0.4) is 0 Å². The maximum atomic E-state index is 12.0. The summed E-state index contributed by atoms with van der Waals surface area (Å²) in [7, 11) is 0.